The van der Waals surface area contributed by atoms with Gasteiger partial charge in [0.25, 0.3) is 0 Å². The van der Waals surface area contributed by atoms with E-state index in [1.807, 2.05) is 0 Å². The number of rotatable bonds is 2. The quantitative estimate of drug-likeness (QED) is 0.764. The minimum Gasteiger partial charge on any atom is -0.478 e. The van der Waals surface area contributed by atoms with Crippen LogP contribution in [0.2, 0.25) is 0 Å². The molecule has 6 nitrogen and oxygen atoms in total. The summed E-state index contributed by atoms with van der Waals surface area (Å²) in [5.41, 5.74) is 0.845. The van der Waals surface area contributed by atoms with Crippen LogP contribution in [0.4, 0.5) is 0 Å². The maximum atomic E-state index is 10.7. The van der Waals surface area contributed by atoms with E-state index < -0.39 is 11.7 Å². The Labute approximate surface area is 89.6 Å². The van der Waals surface area contributed by atoms with E-state index in [1.165, 1.54) is 18.3 Å². The van der Waals surface area contributed by atoms with Crippen molar-refractivity contribution in [2.24, 2.45) is 0 Å². The van der Waals surface area contributed by atoms with Crippen LogP contribution in [0.3, 0.4) is 0 Å². The van der Waals surface area contributed by atoms with Crippen LogP contribution >= 0.6 is 0 Å². The molecule has 0 spiro atoms. The van der Waals surface area contributed by atoms with E-state index >= 15 is 0 Å². The largest absolute Gasteiger partial charge is 0.478 e. The minimum atomic E-state index is -0.987. The molecule has 0 atom stereocenters. The maximum absolute atomic E-state index is 10.7. The van der Waals surface area contributed by atoms with Crippen LogP contribution in [0.15, 0.2) is 35.3 Å². The van der Waals surface area contributed by atoms with Crippen LogP contribution in [0.1, 0.15) is 10.4 Å². The number of carbonyl (C=O) groups is 1. The highest BCUT2D eigenvalue weighted by atomic mass is 16.4. The van der Waals surface area contributed by atoms with Gasteiger partial charge in [-0.1, -0.05) is 12.1 Å². The molecule has 2 aromatic rings. The number of hydrogen-bond acceptors (Lipinski definition) is 4. The third kappa shape index (κ3) is 1.95. The maximum Gasteiger partial charge on any atom is 0.361 e. The lowest BCUT2D eigenvalue weighted by molar-refractivity contribution is 0.0697. The first kappa shape index (κ1) is 10.0. The molecule has 0 aliphatic heterocycles. The van der Waals surface area contributed by atoms with Gasteiger partial charge < -0.3 is 5.11 Å². The fourth-order valence-corrected chi connectivity index (χ4v) is 1.21. The summed E-state index contributed by atoms with van der Waals surface area (Å²) in [5, 5.41) is 14.7. The van der Waals surface area contributed by atoms with Gasteiger partial charge in [-0.05, 0) is 12.1 Å². The van der Waals surface area contributed by atoms with Gasteiger partial charge in [-0.2, -0.15) is 10.1 Å². The average Bonchev–Trinajstić information content (AvgIpc) is 2.30. The van der Waals surface area contributed by atoms with Gasteiger partial charge in [0.1, 0.15) is 5.69 Å². The first-order valence-corrected chi connectivity index (χ1v) is 4.42. The van der Waals surface area contributed by atoms with Gasteiger partial charge in [0, 0.05) is 5.56 Å². The SMILES string of the molecule is O=C(O)c1ccc(-c2cnc(=O)[nH]n2)cc1. The number of H-pyrrole nitrogens is 1. The topological polar surface area (TPSA) is 95.9 Å². The number of aromatic nitrogens is 3. The lowest BCUT2D eigenvalue weighted by Crippen LogP contribution is -2.11. The van der Waals surface area contributed by atoms with Crippen LogP contribution in [0.5, 0.6) is 0 Å². The zero-order valence-corrected chi connectivity index (χ0v) is 8.04. The molecule has 0 aliphatic carbocycles. The fraction of sp³-hybridized carbons (Fsp3) is 0. The molecule has 0 unspecified atom stereocenters. The molecular weight excluding hydrogens is 210 g/mol. The first-order chi connectivity index (χ1) is 7.66. The summed E-state index contributed by atoms with van der Waals surface area (Å²) in [4.78, 5) is 24.8. The number of hydrogen-bond donors (Lipinski definition) is 2. The molecule has 0 saturated heterocycles. The van der Waals surface area contributed by atoms with Gasteiger partial charge in [0.15, 0.2) is 0 Å². The van der Waals surface area contributed by atoms with Crippen molar-refractivity contribution in [1.82, 2.24) is 15.2 Å². The zero-order chi connectivity index (χ0) is 11.5. The lowest BCUT2D eigenvalue weighted by atomic mass is 10.1. The van der Waals surface area contributed by atoms with Gasteiger partial charge in [-0.3, -0.25) is 0 Å². The Hall–Kier alpha value is -2.50. The van der Waals surface area contributed by atoms with E-state index in [0.29, 0.717) is 11.3 Å². The number of carboxylic acid groups (broad SMARTS) is 1. The molecular formula is C10H7N3O3. The van der Waals surface area contributed by atoms with E-state index in [2.05, 4.69) is 15.2 Å². The Bertz CT molecular complexity index is 554. The van der Waals surface area contributed by atoms with Crippen molar-refractivity contribution in [3.8, 4) is 11.3 Å². The van der Waals surface area contributed by atoms with Gasteiger partial charge in [0.2, 0.25) is 0 Å². The molecule has 1 heterocycles. The van der Waals surface area contributed by atoms with Gasteiger partial charge >= 0.3 is 11.7 Å². The summed E-state index contributed by atoms with van der Waals surface area (Å²) in [5.74, 6) is -0.987. The summed E-state index contributed by atoms with van der Waals surface area (Å²) in [7, 11) is 0. The van der Waals surface area contributed by atoms with Crippen molar-refractivity contribution in [2.45, 2.75) is 0 Å². The van der Waals surface area contributed by atoms with E-state index in [1.54, 1.807) is 12.1 Å². The second-order valence-electron chi connectivity index (χ2n) is 3.05. The Balaban J connectivity index is 2.38. The number of benzene rings is 1. The third-order valence-corrected chi connectivity index (χ3v) is 2.00. The fourth-order valence-electron chi connectivity index (χ4n) is 1.21. The average molecular weight is 217 g/mol. The number of aromatic carboxylic acids is 1. The standard InChI is InChI=1S/C10H7N3O3/c14-9(15)7-3-1-6(2-4-7)8-5-11-10(16)13-12-8/h1-5H,(H,14,15)(H,11,13,16). The predicted octanol–water partition coefficient (Wildman–Crippen LogP) is 0.530. The molecule has 1 aromatic heterocycles. The highest BCUT2D eigenvalue weighted by molar-refractivity contribution is 5.88. The molecule has 16 heavy (non-hydrogen) atoms. The molecule has 0 amide bonds. The monoisotopic (exact) mass is 217 g/mol. The van der Waals surface area contributed by atoms with Crippen LogP contribution in [0.25, 0.3) is 11.3 Å². The summed E-state index contributed by atoms with van der Waals surface area (Å²) < 4.78 is 0. The third-order valence-electron chi connectivity index (χ3n) is 2.00. The van der Waals surface area contributed by atoms with Crippen molar-refractivity contribution in [3.63, 3.8) is 0 Å². The second kappa shape index (κ2) is 3.93. The van der Waals surface area contributed by atoms with Gasteiger partial charge in [-0.25, -0.2) is 14.7 Å². The minimum absolute atomic E-state index is 0.195. The normalized spacial score (nSPS) is 10.0. The molecule has 2 N–H and O–H groups in total. The van der Waals surface area contributed by atoms with Crippen molar-refractivity contribution in [1.29, 1.82) is 0 Å². The highest BCUT2D eigenvalue weighted by Gasteiger charge is 2.04. The number of nitrogens with one attached hydrogen (secondary N) is 1. The molecule has 0 bridgehead atoms. The van der Waals surface area contributed by atoms with Crippen LogP contribution in [-0.4, -0.2) is 26.3 Å². The highest BCUT2D eigenvalue weighted by Crippen LogP contribution is 2.14. The van der Waals surface area contributed by atoms with Crippen molar-refractivity contribution in [3.05, 3.63) is 46.5 Å². The van der Waals surface area contributed by atoms with Crippen molar-refractivity contribution < 1.29 is 9.90 Å². The molecule has 0 aliphatic rings. The molecule has 0 fully saturated rings. The lowest BCUT2D eigenvalue weighted by Gasteiger charge is -1.99. The molecule has 0 saturated carbocycles. The van der Waals surface area contributed by atoms with Crippen LogP contribution < -0.4 is 5.69 Å². The molecule has 0 radical (unpaired) electrons. The van der Waals surface area contributed by atoms with Crippen molar-refractivity contribution >= 4 is 5.97 Å². The summed E-state index contributed by atoms with van der Waals surface area (Å²) in [6.07, 6.45) is 1.33. The van der Waals surface area contributed by atoms with Gasteiger partial charge in [-0.15, -0.1) is 0 Å². The van der Waals surface area contributed by atoms with E-state index in [-0.39, 0.29) is 5.56 Å². The Morgan fingerprint density at radius 1 is 1.25 bits per heavy atom. The number of nitrogens with zero attached hydrogens (tertiary/aromatic N) is 2. The van der Waals surface area contributed by atoms with Crippen LogP contribution in [0, 0.1) is 0 Å². The Kier molecular flexibility index (Phi) is 2.47. The molecule has 1 aromatic carbocycles. The predicted molar refractivity (Wildman–Crippen MR) is 55.0 cm³/mol. The van der Waals surface area contributed by atoms with E-state index in [9.17, 15) is 9.59 Å². The molecule has 80 valence electrons. The van der Waals surface area contributed by atoms with E-state index in [0.717, 1.165) is 0 Å². The van der Waals surface area contributed by atoms with E-state index in [4.69, 9.17) is 5.11 Å². The number of carboxylic acids is 1. The summed E-state index contributed by atoms with van der Waals surface area (Å²) in [6, 6.07) is 6.13. The smallest absolute Gasteiger partial charge is 0.361 e. The first-order valence-electron chi connectivity index (χ1n) is 4.42. The molecule has 2 rings (SSSR count). The summed E-state index contributed by atoms with van der Waals surface area (Å²) in [6.45, 7) is 0. The molecule has 6 heteroatoms. The van der Waals surface area contributed by atoms with Crippen LogP contribution in [-0.2, 0) is 0 Å². The number of aromatic amines is 1. The van der Waals surface area contributed by atoms with Crippen molar-refractivity contribution in [2.75, 3.05) is 0 Å². The Morgan fingerprint density at radius 2 is 1.94 bits per heavy atom. The second-order valence-corrected chi connectivity index (χ2v) is 3.05. The Morgan fingerprint density at radius 3 is 2.44 bits per heavy atom. The van der Waals surface area contributed by atoms with Gasteiger partial charge in [0.05, 0.1) is 11.8 Å². The summed E-state index contributed by atoms with van der Waals surface area (Å²) >= 11 is 0. The zero-order valence-electron chi connectivity index (χ0n) is 8.04.